The summed E-state index contributed by atoms with van der Waals surface area (Å²) in [5.74, 6) is 2.13. The number of ether oxygens (including phenoxy) is 4. The molecular weight excluding hydrogens is 495 g/mol. The lowest BCUT2D eigenvalue weighted by Gasteiger charge is -2.94. The Morgan fingerprint density at radius 2 is 1.90 bits per heavy atom. The number of hydrogen-bond donors (Lipinski definition) is 0. The number of methoxy groups -OCH3 is 1. The standard InChI is InChI=1S/C31H35BO7/c1-29(2)36-25-20(10-11-22(34-4)24(25)28(33)37-29)18(16-35-15-17-8-6-5-7-9-17)14-32-38-26-21-12-19-13-23-30(3,39-32)27(26)31(19,21)23/h5-11,18-19,21,23,26-27H,12-16H2,1-4H3/t18?,19?,21?,23?,26?,27?,30-,31?/m0/s1. The van der Waals surface area contributed by atoms with Crippen LogP contribution in [0.5, 0.6) is 11.5 Å². The van der Waals surface area contributed by atoms with Crippen LogP contribution in [0.2, 0.25) is 6.32 Å². The Labute approximate surface area is 229 Å². The second-order valence-electron chi connectivity index (χ2n) is 13.0. The number of benzene rings is 2. The van der Waals surface area contributed by atoms with Gasteiger partial charge in [-0.15, -0.1) is 0 Å². The largest absolute Gasteiger partial charge is 0.496 e. The van der Waals surface area contributed by atoms with E-state index < -0.39 is 11.8 Å². The summed E-state index contributed by atoms with van der Waals surface area (Å²) in [5, 5.41) is 0. The smallest absolute Gasteiger partial charge is 0.458 e. The van der Waals surface area contributed by atoms with E-state index in [0.717, 1.165) is 17.0 Å². The first kappa shape index (κ1) is 24.3. The van der Waals surface area contributed by atoms with Crippen molar-refractivity contribution in [3.63, 3.8) is 0 Å². The Kier molecular flexibility index (Phi) is 4.99. The van der Waals surface area contributed by atoms with E-state index in [1.807, 2.05) is 30.3 Å². The summed E-state index contributed by atoms with van der Waals surface area (Å²) >= 11 is 0. The van der Waals surface area contributed by atoms with Crippen LogP contribution in [-0.2, 0) is 25.4 Å². The Balaban J connectivity index is 1.10. The zero-order chi connectivity index (χ0) is 26.7. The van der Waals surface area contributed by atoms with E-state index in [9.17, 15) is 4.79 Å². The van der Waals surface area contributed by atoms with Gasteiger partial charge in [0.1, 0.15) is 17.1 Å². The minimum atomic E-state index is -1.09. The number of rotatable bonds is 8. The average molecular weight is 530 g/mol. The Hall–Kier alpha value is -2.55. The van der Waals surface area contributed by atoms with E-state index in [2.05, 4.69) is 19.1 Å². The molecule has 6 aliphatic rings. The quantitative estimate of drug-likeness (QED) is 0.342. The van der Waals surface area contributed by atoms with E-state index >= 15 is 0 Å². The zero-order valence-corrected chi connectivity index (χ0v) is 23.0. The van der Waals surface area contributed by atoms with Gasteiger partial charge < -0.3 is 28.3 Å². The molecule has 0 N–H and O–H groups in total. The van der Waals surface area contributed by atoms with Gasteiger partial charge in [-0.1, -0.05) is 36.4 Å². The van der Waals surface area contributed by atoms with Crippen molar-refractivity contribution in [3.05, 3.63) is 59.2 Å². The number of cyclic esters (lactones) is 1. The molecule has 0 aromatic heterocycles. The van der Waals surface area contributed by atoms with Gasteiger partial charge >= 0.3 is 13.1 Å². The highest BCUT2D eigenvalue weighted by molar-refractivity contribution is 6.45. The highest BCUT2D eigenvalue weighted by Crippen LogP contribution is 2.92. The number of fused-ring (bicyclic) bond motifs is 3. The van der Waals surface area contributed by atoms with Gasteiger partial charge in [0, 0.05) is 31.2 Å². The van der Waals surface area contributed by atoms with Crippen LogP contribution in [0.4, 0.5) is 0 Å². The molecule has 2 aromatic carbocycles. The third-order valence-electron chi connectivity index (χ3n) is 10.9. The van der Waals surface area contributed by atoms with Gasteiger partial charge in [0.25, 0.3) is 0 Å². The minimum absolute atomic E-state index is 0.0852. The maximum Gasteiger partial charge on any atom is 0.458 e. The van der Waals surface area contributed by atoms with Crippen molar-refractivity contribution in [2.45, 2.75) is 69.9 Å². The van der Waals surface area contributed by atoms with Crippen molar-refractivity contribution in [1.82, 2.24) is 0 Å². The molecule has 1 saturated heterocycles. The molecule has 7 nitrogen and oxygen atoms in total. The van der Waals surface area contributed by atoms with Crippen LogP contribution >= 0.6 is 0 Å². The fraction of sp³-hybridized carbons (Fsp3) is 0.581. The van der Waals surface area contributed by atoms with E-state index in [1.54, 1.807) is 21.0 Å². The first-order chi connectivity index (χ1) is 18.8. The van der Waals surface area contributed by atoms with E-state index in [-0.39, 0.29) is 18.6 Å². The Morgan fingerprint density at radius 3 is 2.67 bits per heavy atom. The van der Waals surface area contributed by atoms with Gasteiger partial charge in [0.15, 0.2) is 0 Å². The minimum Gasteiger partial charge on any atom is -0.496 e. The average Bonchev–Trinajstić information content (AvgIpc) is 2.87. The summed E-state index contributed by atoms with van der Waals surface area (Å²) in [6, 6.07) is 13.9. The highest BCUT2D eigenvalue weighted by atomic mass is 16.7. The predicted molar refractivity (Wildman–Crippen MR) is 143 cm³/mol. The van der Waals surface area contributed by atoms with Gasteiger partial charge in [-0.25, -0.2) is 4.79 Å². The van der Waals surface area contributed by atoms with Crippen LogP contribution in [0.3, 0.4) is 0 Å². The molecule has 5 fully saturated rings. The van der Waals surface area contributed by atoms with Crippen molar-refractivity contribution in [3.8, 4) is 11.5 Å². The summed E-state index contributed by atoms with van der Waals surface area (Å²) in [6.45, 7) is 6.73. The molecule has 8 rings (SSSR count). The fourth-order valence-electron chi connectivity index (χ4n) is 9.47. The summed E-state index contributed by atoms with van der Waals surface area (Å²) < 4.78 is 37.2. The lowest BCUT2D eigenvalue weighted by molar-refractivity contribution is -0.497. The molecule has 8 heteroatoms. The van der Waals surface area contributed by atoms with Gasteiger partial charge in [0.2, 0.25) is 5.79 Å². The second-order valence-corrected chi connectivity index (χ2v) is 13.0. The van der Waals surface area contributed by atoms with Crippen LogP contribution < -0.4 is 9.47 Å². The normalized spacial score (nSPS) is 38.2. The number of carbonyl (C=O) groups is 1. The summed E-state index contributed by atoms with van der Waals surface area (Å²) in [5.41, 5.74) is 2.78. The molecule has 0 radical (unpaired) electrons. The van der Waals surface area contributed by atoms with Crippen molar-refractivity contribution in [1.29, 1.82) is 0 Å². The van der Waals surface area contributed by atoms with Crippen LogP contribution in [0, 0.1) is 29.1 Å². The molecule has 0 bridgehead atoms. The molecule has 2 aromatic rings. The van der Waals surface area contributed by atoms with Crippen LogP contribution in [0.25, 0.3) is 0 Å². The molecule has 4 saturated carbocycles. The maximum atomic E-state index is 13.1. The van der Waals surface area contributed by atoms with Crippen molar-refractivity contribution >= 4 is 13.1 Å². The molecule has 2 aliphatic heterocycles. The van der Waals surface area contributed by atoms with E-state index in [4.69, 9.17) is 28.3 Å². The van der Waals surface area contributed by atoms with Gasteiger partial charge in [0.05, 0.1) is 32.0 Å². The number of hydrogen-bond acceptors (Lipinski definition) is 7. The summed E-state index contributed by atoms with van der Waals surface area (Å²) in [6.07, 6.45) is 3.55. The molecule has 0 amide bonds. The third-order valence-corrected chi connectivity index (χ3v) is 10.9. The monoisotopic (exact) mass is 530 g/mol. The molecule has 4 aliphatic carbocycles. The van der Waals surface area contributed by atoms with E-state index in [0.29, 0.717) is 65.9 Å². The predicted octanol–water partition coefficient (Wildman–Crippen LogP) is 5.23. The zero-order valence-electron chi connectivity index (χ0n) is 23.0. The molecule has 8 atom stereocenters. The molecule has 7 unspecified atom stereocenters. The SMILES string of the molecule is COc1ccc(C(COCc2ccccc2)CB2OC3C4CC5CC6C54C3[C@@]6(C)O2)c2c1C(=O)OC(C)(C)O2. The van der Waals surface area contributed by atoms with Gasteiger partial charge in [-0.3, -0.25) is 0 Å². The number of carbonyl (C=O) groups excluding carboxylic acids is 1. The lowest BCUT2D eigenvalue weighted by Crippen LogP contribution is -2.97. The molecule has 1 spiro atoms. The first-order valence-electron chi connectivity index (χ1n) is 14.3. The van der Waals surface area contributed by atoms with Crippen LogP contribution in [-0.4, -0.2) is 44.3 Å². The van der Waals surface area contributed by atoms with Crippen molar-refractivity contribution < 1.29 is 33.1 Å². The summed E-state index contributed by atoms with van der Waals surface area (Å²) in [7, 11) is 1.22. The molecular formula is C31H35BO7. The third kappa shape index (κ3) is 3.08. The topological polar surface area (TPSA) is 72.5 Å². The number of esters is 1. The first-order valence-corrected chi connectivity index (χ1v) is 14.3. The second kappa shape index (κ2) is 8.02. The molecule has 39 heavy (non-hydrogen) atoms. The highest BCUT2D eigenvalue weighted by Gasteiger charge is 2.93. The molecule has 204 valence electrons. The van der Waals surface area contributed by atoms with Gasteiger partial charge in [-0.05, 0) is 60.9 Å². The Bertz CT molecular complexity index is 1350. The Morgan fingerprint density at radius 1 is 1.08 bits per heavy atom. The lowest BCUT2D eigenvalue weighted by atomic mass is 9.13. The van der Waals surface area contributed by atoms with Crippen molar-refractivity contribution in [2.75, 3.05) is 13.7 Å². The van der Waals surface area contributed by atoms with E-state index in [1.165, 1.54) is 12.8 Å². The van der Waals surface area contributed by atoms with Crippen LogP contribution in [0.15, 0.2) is 42.5 Å². The van der Waals surface area contributed by atoms with Crippen LogP contribution in [0.1, 0.15) is 61.0 Å². The van der Waals surface area contributed by atoms with Crippen molar-refractivity contribution in [2.24, 2.45) is 29.1 Å². The fourth-order valence-corrected chi connectivity index (χ4v) is 9.47. The molecule has 2 heterocycles. The van der Waals surface area contributed by atoms with Gasteiger partial charge in [-0.2, -0.15) is 0 Å². The maximum absolute atomic E-state index is 13.1. The summed E-state index contributed by atoms with van der Waals surface area (Å²) in [4.78, 5) is 13.1.